The van der Waals surface area contributed by atoms with Crippen molar-refractivity contribution in [3.63, 3.8) is 0 Å². The van der Waals surface area contributed by atoms with Crippen molar-refractivity contribution in [3.8, 4) is 11.5 Å². The third kappa shape index (κ3) is 5.97. The normalized spacial score (nSPS) is 15.2. The van der Waals surface area contributed by atoms with Crippen LogP contribution >= 0.6 is 0 Å². The molecule has 0 spiro atoms. The van der Waals surface area contributed by atoms with E-state index in [0.717, 1.165) is 55.2 Å². The Morgan fingerprint density at radius 3 is 2.35 bits per heavy atom. The van der Waals surface area contributed by atoms with Crippen LogP contribution in [0.15, 0.2) is 42.5 Å². The fourth-order valence-electron chi connectivity index (χ4n) is 4.19. The van der Waals surface area contributed by atoms with Gasteiger partial charge in [-0.15, -0.1) is 0 Å². The monoisotopic (exact) mass is 428 g/mol. The number of amides is 1. The summed E-state index contributed by atoms with van der Waals surface area (Å²) in [6, 6.07) is 12.2. The topological polar surface area (TPSA) is 42.0 Å². The summed E-state index contributed by atoms with van der Waals surface area (Å²) in [5, 5.41) is 0. The molecule has 0 aliphatic carbocycles. The van der Waals surface area contributed by atoms with Gasteiger partial charge in [0.15, 0.2) is 0 Å². The maximum Gasteiger partial charge on any atom is 0.227 e. The summed E-state index contributed by atoms with van der Waals surface area (Å²) in [6.07, 6.45) is 2.22. The van der Waals surface area contributed by atoms with Crippen LogP contribution in [-0.4, -0.2) is 44.2 Å². The molecule has 2 aromatic carbocycles. The molecule has 5 nitrogen and oxygen atoms in total. The molecule has 0 aromatic heterocycles. The number of nitrogens with zero attached hydrogens (tertiary/aromatic N) is 2. The number of benzene rings is 2. The highest BCUT2D eigenvalue weighted by molar-refractivity contribution is 5.94. The minimum atomic E-state index is -0.290. The Morgan fingerprint density at radius 2 is 1.77 bits per heavy atom. The Kier molecular flexibility index (Phi) is 7.91. The van der Waals surface area contributed by atoms with Crippen molar-refractivity contribution in [2.75, 3.05) is 32.2 Å². The molecular weight excluding hydrogens is 395 g/mol. The first kappa shape index (κ1) is 23.1. The Labute approximate surface area is 184 Å². The first-order valence-corrected chi connectivity index (χ1v) is 10.9. The SMILES string of the molecule is COc1ccc(OC)c(CN2CCC(N(C(=O)CC(C)C)c3ccc(F)cc3)CC2)c1. The van der Waals surface area contributed by atoms with E-state index < -0.39 is 0 Å². The Hall–Kier alpha value is -2.60. The molecule has 1 saturated heterocycles. The first-order valence-electron chi connectivity index (χ1n) is 10.9. The predicted octanol–water partition coefficient (Wildman–Crippen LogP) is 4.89. The third-order valence-corrected chi connectivity index (χ3v) is 5.76. The number of carbonyl (C=O) groups is 1. The lowest BCUT2D eigenvalue weighted by Gasteiger charge is -2.39. The van der Waals surface area contributed by atoms with Gasteiger partial charge in [-0.1, -0.05) is 13.8 Å². The van der Waals surface area contributed by atoms with Gasteiger partial charge in [0.25, 0.3) is 0 Å². The van der Waals surface area contributed by atoms with Crippen molar-refractivity contribution in [2.45, 2.75) is 45.7 Å². The highest BCUT2D eigenvalue weighted by Crippen LogP contribution is 2.29. The van der Waals surface area contributed by atoms with Crippen molar-refractivity contribution in [1.82, 2.24) is 4.90 Å². The molecule has 31 heavy (non-hydrogen) atoms. The number of rotatable bonds is 8. The number of likely N-dealkylation sites (tertiary alicyclic amines) is 1. The van der Waals surface area contributed by atoms with E-state index in [-0.39, 0.29) is 23.7 Å². The van der Waals surface area contributed by atoms with E-state index in [4.69, 9.17) is 9.47 Å². The average Bonchev–Trinajstić information content (AvgIpc) is 2.76. The highest BCUT2D eigenvalue weighted by atomic mass is 19.1. The second kappa shape index (κ2) is 10.6. The molecule has 0 radical (unpaired) electrons. The van der Waals surface area contributed by atoms with Crippen LogP contribution in [-0.2, 0) is 11.3 Å². The summed E-state index contributed by atoms with van der Waals surface area (Å²) >= 11 is 0. The lowest BCUT2D eigenvalue weighted by molar-refractivity contribution is -0.120. The average molecular weight is 429 g/mol. The molecule has 0 saturated carbocycles. The summed E-state index contributed by atoms with van der Waals surface area (Å²) in [5.41, 5.74) is 1.87. The Morgan fingerprint density at radius 1 is 1.10 bits per heavy atom. The lowest BCUT2D eigenvalue weighted by Crippen LogP contribution is -2.47. The standard InChI is InChI=1S/C25H33FN2O3/c1-18(2)15-25(29)28(21-7-5-20(26)6-8-21)22-11-13-27(14-12-22)17-19-16-23(30-3)9-10-24(19)31-4/h5-10,16,18,22H,11-15,17H2,1-4H3. The van der Waals surface area contributed by atoms with Crippen LogP contribution < -0.4 is 14.4 Å². The molecule has 0 atom stereocenters. The van der Waals surface area contributed by atoms with Gasteiger partial charge in [0.2, 0.25) is 5.91 Å². The van der Waals surface area contributed by atoms with Crippen molar-refractivity contribution >= 4 is 11.6 Å². The minimum absolute atomic E-state index is 0.106. The van der Waals surface area contributed by atoms with E-state index in [1.807, 2.05) is 36.9 Å². The van der Waals surface area contributed by atoms with Gasteiger partial charge in [-0.25, -0.2) is 4.39 Å². The Balaban J connectivity index is 1.70. The number of carbonyl (C=O) groups excluding carboxylic acids is 1. The summed E-state index contributed by atoms with van der Waals surface area (Å²) in [7, 11) is 3.34. The zero-order valence-corrected chi connectivity index (χ0v) is 18.9. The maximum absolute atomic E-state index is 13.4. The zero-order chi connectivity index (χ0) is 22.4. The Bertz CT molecular complexity index is 862. The van der Waals surface area contributed by atoms with E-state index in [2.05, 4.69) is 4.90 Å². The van der Waals surface area contributed by atoms with E-state index in [1.54, 1.807) is 26.4 Å². The van der Waals surface area contributed by atoms with E-state index in [9.17, 15) is 9.18 Å². The summed E-state index contributed by atoms with van der Waals surface area (Å²) in [5.74, 6) is 1.75. The third-order valence-electron chi connectivity index (χ3n) is 5.76. The number of methoxy groups -OCH3 is 2. The second-order valence-electron chi connectivity index (χ2n) is 8.52. The van der Waals surface area contributed by atoms with Crippen molar-refractivity contribution < 1.29 is 18.7 Å². The van der Waals surface area contributed by atoms with Gasteiger partial charge in [-0.3, -0.25) is 9.69 Å². The number of hydrogen-bond acceptors (Lipinski definition) is 4. The molecule has 1 aliphatic heterocycles. The largest absolute Gasteiger partial charge is 0.497 e. The van der Waals surface area contributed by atoms with Gasteiger partial charge in [0.05, 0.1) is 14.2 Å². The van der Waals surface area contributed by atoms with E-state index in [1.165, 1.54) is 12.1 Å². The van der Waals surface area contributed by atoms with Crippen molar-refractivity contribution in [1.29, 1.82) is 0 Å². The van der Waals surface area contributed by atoms with Gasteiger partial charge in [-0.2, -0.15) is 0 Å². The number of ether oxygens (including phenoxy) is 2. The molecule has 1 amide bonds. The molecule has 6 heteroatoms. The summed E-state index contributed by atoms with van der Waals surface area (Å²) in [4.78, 5) is 17.3. The van der Waals surface area contributed by atoms with Crippen LogP contribution in [0.2, 0.25) is 0 Å². The minimum Gasteiger partial charge on any atom is -0.497 e. The van der Waals surface area contributed by atoms with E-state index in [0.29, 0.717) is 6.42 Å². The molecule has 0 unspecified atom stereocenters. The molecule has 1 fully saturated rings. The lowest BCUT2D eigenvalue weighted by atomic mass is 9.99. The van der Waals surface area contributed by atoms with Crippen LogP contribution in [0.5, 0.6) is 11.5 Å². The van der Waals surface area contributed by atoms with Crippen LogP contribution in [0.25, 0.3) is 0 Å². The summed E-state index contributed by atoms with van der Waals surface area (Å²) in [6.45, 7) is 6.61. The number of hydrogen-bond donors (Lipinski definition) is 0. The fraction of sp³-hybridized carbons (Fsp3) is 0.480. The van der Waals surface area contributed by atoms with Crippen LogP contribution in [0.4, 0.5) is 10.1 Å². The zero-order valence-electron chi connectivity index (χ0n) is 18.9. The van der Waals surface area contributed by atoms with Crippen LogP contribution in [0, 0.1) is 11.7 Å². The molecule has 0 N–H and O–H groups in total. The van der Waals surface area contributed by atoms with Gasteiger partial charge in [-0.05, 0) is 61.2 Å². The quantitative estimate of drug-likeness (QED) is 0.601. The first-order chi connectivity index (χ1) is 14.9. The van der Waals surface area contributed by atoms with Crippen LogP contribution in [0.1, 0.15) is 38.7 Å². The van der Waals surface area contributed by atoms with Crippen molar-refractivity contribution in [3.05, 3.63) is 53.8 Å². The molecule has 1 heterocycles. The molecular formula is C25H33FN2O3. The summed E-state index contributed by atoms with van der Waals surface area (Å²) < 4.78 is 24.3. The maximum atomic E-state index is 13.4. The van der Waals surface area contributed by atoms with Crippen molar-refractivity contribution in [2.24, 2.45) is 5.92 Å². The van der Waals surface area contributed by atoms with Gasteiger partial charge < -0.3 is 14.4 Å². The van der Waals surface area contributed by atoms with E-state index >= 15 is 0 Å². The highest BCUT2D eigenvalue weighted by Gasteiger charge is 2.29. The molecule has 0 bridgehead atoms. The smallest absolute Gasteiger partial charge is 0.227 e. The molecule has 2 aromatic rings. The molecule has 168 valence electrons. The molecule has 1 aliphatic rings. The van der Waals surface area contributed by atoms with Gasteiger partial charge in [0.1, 0.15) is 17.3 Å². The molecule has 3 rings (SSSR count). The number of halogens is 1. The number of piperidine rings is 1. The second-order valence-corrected chi connectivity index (χ2v) is 8.52. The van der Waals surface area contributed by atoms with Gasteiger partial charge >= 0.3 is 0 Å². The number of anilines is 1. The van der Waals surface area contributed by atoms with Gasteiger partial charge in [0, 0.05) is 43.3 Å². The predicted molar refractivity (Wildman–Crippen MR) is 121 cm³/mol. The van der Waals surface area contributed by atoms with Crippen LogP contribution in [0.3, 0.4) is 0 Å². The fourth-order valence-corrected chi connectivity index (χ4v) is 4.19.